The Morgan fingerprint density at radius 2 is 1.97 bits per heavy atom. The maximum absolute atomic E-state index is 12.8. The first-order valence-corrected chi connectivity index (χ1v) is 12.3. The lowest BCUT2D eigenvalue weighted by Gasteiger charge is -2.34. The highest BCUT2D eigenvalue weighted by molar-refractivity contribution is 5.99. The number of piperidine rings is 1. The van der Waals surface area contributed by atoms with Crippen molar-refractivity contribution in [2.45, 2.75) is 52.9 Å². The van der Waals surface area contributed by atoms with Gasteiger partial charge in [0, 0.05) is 26.8 Å². The Morgan fingerprint density at radius 3 is 2.62 bits per heavy atom. The van der Waals surface area contributed by atoms with Crippen LogP contribution in [0.2, 0.25) is 0 Å². The third kappa shape index (κ3) is 4.94. The van der Waals surface area contributed by atoms with E-state index < -0.39 is 5.97 Å². The van der Waals surface area contributed by atoms with Crippen molar-refractivity contribution in [3.8, 4) is 5.69 Å². The van der Waals surface area contributed by atoms with Crippen LogP contribution in [-0.4, -0.2) is 54.1 Å². The number of benzene rings is 1. The molecule has 1 fully saturated rings. The van der Waals surface area contributed by atoms with E-state index in [1.807, 2.05) is 29.8 Å². The van der Waals surface area contributed by atoms with Crippen LogP contribution < -0.4 is 4.90 Å². The molecule has 7 heteroatoms. The number of pyridine rings is 1. The topological polar surface area (TPSA) is 69.5 Å². The van der Waals surface area contributed by atoms with E-state index in [4.69, 9.17) is 19.6 Å². The average Bonchev–Trinajstić information content (AvgIpc) is 3.23. The number of methoxy groups -OCH3 is 1. The van der Waals surface area contributed by atoms with E-state index in [1.54, 1.807) is 7.11 Å². The van der Waals surface area contributed by atoms with Gasteiger partial charge < -0.3 is 14.4 Å². The number of aromatic nitrogens is 3. The molecule has 0 radical (unpaired) electrons. The Labute approximate surface area is 202 Å². The van der Waals surface area contributed by atoms with Gasteiger partial charge in [-0.15, -0.1) is 0 Å². The van der Waals surface area contributed by atoms with Gasteiger partial charge in [-0.3, -0.25) is 0 Å². The van der Waals surface area contributed by atoms with Crippen LogP contribution >= 0.6 is 0 Å². The second-order valence-corrected chi connectivity index (χ2v) is 9.45. The molecule has 0 atom stereocenters. The van der Waals surface area contributed by atoms with Crippen LogP contribution in [0.25, 0.3) is 16.7 Å². The number of aryl methyl sites for hydroxylation is 1. The van der Waals surface area contributed by atoms with Crippen LogP contribution in [0.15, 0.2) is 30.3 Å². The lowest BCUT2D eigenvalue weighted by Crippen LogP contribution is -2.34. The highest BCUT2D eigenvalue weighted by Crippen LogP contribution is 2.37. The molecular formula is C27H36N4O3. The molecule has 1 aliphatic rings. The fraction of sp³-hybridized carbons (Fsp3) is 0.519. The first-order valence-electron chi connectivity index (χ1n) is 12.3. The molecule has 1 saturated heterocycles. The van der Waals surface area contributed by atoms with Crippen molar-refractivity contribution in [2.24, 2.45) is 5.92 Å². The predicted octanol–water partition coefficient (Wildman–Crippen LogP) is 5.28. The van der Waals surface area contributed by atoms with Gasteiger partial charge in [0.1, 0.15) is 0 Å². The van der Waals surface area contributed by atoms with Gasteiger partial charge in [-0.05, 0) is 68.7 Å². The summed E-state index contributed by atoms with van der Waals surface area (Å²) in [6.45, 7) is 11.2. The number of anilines is 1. The molecule has 0 spiro atoms. The van der Waals surface area contributed by atoms with Crippen LogP contribution in [0, 0.1) is 12.8 Å². The summed E-state index contributed by atoms with van der Waals surface area (Å²) in [6, 6.07) is 10.1. The summed E-state index contributed by atoms with van der Waals surface area (Å²) in [6.07, 6.45) is 3.29. The van der Waals surface area contributed by atoms with E-state index in [-0.39, 0.29) is 5.92 Å². The minimum atomic E-state index is -0.399. The third-order valence-corrected chi connectivity index (χ3v) is 6.61. The van der Waals surface area contributed by atoms with Crippen LogP contribution in [0.4, 0.5) is 5.69 Å². The zero-order chi connectivity index (χ0) is 24.2. The molecule has 2 aromatic heterocycles. The Hall–Kier alpha value is -2.93. The molecule has 0 unspecified atom stereocenters. The molecule has 3 aromatic rings. The lowest BCUT2D eigenvalue weighted by atomic mass is 9.93. The minimum absolute atomic E-state index is 0.210. The van der Waals surface area contributed by atoms with Crippen LogP contribution in [0.5, 0.6) is 0 Å². The molecule has 0 bridgehead atoms. The van der Waals surface area contributed by atoms with E-state index in [9.17, 15) is 4.79 Å². The maximum Gasteiger partial charge on any atom is 0.357 e. The van der Waals surface area contributed by atoms with Crippen molar-refractivity contribution in [1.82, 2.24) is 14.8 Å². The zero-order valence-electron chi connectivity index (χ0n) is 21.0. The van der Waals surface area contributed by atoms with E-state index in [0.717, 1.165) is 67.0 Å². The van der Waals surface area contributed by atoms with Crippen molar-refractivity contribution in [3.05, 3.63) is 47.3 Å². The lowest BCUT2D eigenvalue weighted by molar-refractivity contribution is 0.0520. The van der Waals surface area contributed by atoms with Gasteiger partial charge >= 0.3 is 5.97 Å². The Bertz CT molecular complexity index is 1150. The third-order valence-electron chi connectivity index (χ3n) is 6.61. The Balaban J connectivity index is 1.86. The highest BCUT2D eigenvalue weighted by atomic mass is 16.5. The molecule has 182 valence electrons. The second kappa shape index (κ2) is 10.6. The van der Waals surface area contributed by atoms with Gasteiger partial charge in [-0.2, -0.15) is 5.10 Å². The number of carbonyl (C=O) groups excluding carboxylic acids is 1. The van der Waals surface area contributed by atoms with E-state index in [0.29, 0.717) is 23.9 Å². The van der Waals surface area contributed by atoms with Gasteiger partial charge in [-0.25, -0.2) is 14.5 Å². The van der Waals surface area contributed by atoms with Gasteiger partial charge in [0.2, 0.25) is 0 Å². The molecule has 0 aliphatic carbocycles. The van der Waals surface area contributed by atoms with Gasteiger partial charge in [0.05, 0.1) is 29.1 Å². The van der Waals surface area contributed by atoms with E-state index in [2.05, 4.69) is 37.8 Å². The summed E-state index contributed by atoms with van der Waals surface area (Å²) < 4.78 is 12.5. The monoisotopic (exact) mass is 464 g/mol. The molecule has 0 saturated carbocycles. The number of nitrogens with zero attached hydrogens (tertiary/aromatic N) is 4. The summed E-state index contributed by atoms with van der Waals surface area (Å²) in [4.78, 5) is 20.0. The second-order valence-electron chi connectivity index (χ2n) is 9.45. The minimum Gasteiger partial charge on any atom is -0.461 e. The summed E-state index contributed by atoms with van der Waals surface area (Å²) >= 11 is 0. The van der Waals surface area contributed by atoms with Crippen LogP contribution in [0.1, 0.15) is 67.7 Å². The van der Waals surface area contributed by atoms with Crippen molar-refractivity contribution < 1.29 is 14.3 Å². The molecule has 1 aliphatic heterocycles. The first kappa shape index (κ1) is 24.2. The number of fused-ring (bicyclic) bond motifs is 1. The first-order chi connectivity index (χ1) is 16.4. The predicted molar refractivity (Wildman–Crippen MR) is 135 cm³/mol. The molecule has 0 amide bonds. The molecular weight excluding hydrogens is 428 g/mol. The number of rotatable bonds is 8. The zero-order valence-corrected chi connectivity index (χ0v) is 21.0. The average molecular weight is 465 g/mol. The number of esters is 1. The quantitative estimate of drug-likeness (QED) is 0.422. The number of hydrogen-bond donors (Lipinski definition) is 0. The summed E-state index contributed by atoms with van der Waals surface area (Å²) in [5.41, 5.74) is 5.14. The van der Waals surface area contributed by atoms with Gasteiger partial charge in [0.15, 0.2) is 11.3 Å². The number of carbonyl (C=O) groups is 1. The highest BCUT2D eigenvalue weighted by Gasteiger charge is 2.27. The maximum atomic E-state index is 12.8. The Kier molecular flexibility index (Phi) is 7.51. The van der Waals surface area contributed by atoms with Crippen molar-refractivity contribution in [1.29, 1.82) is 0 Å². The summed E-state index contributed by atoms with van der Waals surface area (Å²) in [5, 5.41) is 6.04. The SMILES string of the molecule is CCOC(=O)c1cc(N2CCC(CCOC)CC2)c2c(C(C)C)nn(-c3cccc(C)c3)c2n1. The van der Waals surface area contributed by atoms with Crippen molar-refractivity contribution in [3.63, 3.8) is 0 Å². The van der Waals surface area contributed by atoms with Crippen molar-refractivity contribution in [2.75, 3.05) is 38.3 Å². The van der Waals surface area contributed by atoms with Gasteiger partial charge in [0.25, 0.3) is 0 Å². The van der Waals surface area contributed by atoms with Gasteiger partial charge in [-0.1, -0.05) is 26.0 Å². The molecule has 4 rings (SSSR count). The molecule has 0 N–H and O–H groups in total. The summed E-state index contributed by atoms with van der Waals surface area (Å²) in [7, 11) is 1.76. The van der Waals surface area contributed by atoms with Crippen molar-refractivity contribution >= 4 is 22.7 Å². The largest absolute Gasteiger partial charge is 0.461 e. The van der Waals surface area contributed by atoms with E-state index in [1.165, 1.54) is 0 Å². The Morgan fingerprint density at radius 1 is 1.21 bits per heavy atom. The molecule has 3 heterocycles. The number of ether oxygens (including phenoxy) is 2. The fourth-order valence-electron chi connectivity index (χ4n) is 4.77. The number of hydrogen-bond acceptors (Lipinski definition) is 6. The fourth-order valence-corrected chi connectivity index (χ4v) is 4.77. The molecule has 34 heavy (non-hydrogen) atoms. The summed E-state index contributed by atoms with van der Waals surface area (Å²) in [5.74, 6) is 0.475. The normalized spacial score (nSPS) is 14.8. The van der Waals surface area contributed by atoms with Crippen LogP contribution in [-0.2, 0) is 9.47 Å². The smallest absolute Gasteiger partial charge is 0.357 e. The van der Waals surface area contributed by atoms with Crippen LogP contribution in [0.3, 0.4) is 0 Å². The molecule has 1 aromatic carbocycles. The standard InChI is InChI=1S/C27H36N4O3/c1-6-34-27(32)22-17-23(30-13-10-20(11-14-30)12-15-33-5)24-25(18(2)3)29-31(26(24)28-22)21-9-7-8-19(4)16-21/h7-9,16-18,20H,6,10-15H2,1-5H3. The molecule has 7 nitrogen and oxygen atoms in total. The van der Waals surface area contributed by atoms with E-state index >= 15 is 0 Å².